The summed E-state index contributed by atoms with van der Waals surface area (Å²) in [4.78, 5) is 12.8. The largest absolute Gasteiger partial charge is 0.497 e. The average Bonchev–Trinajstić information content (AvgIpc) is 2.77. The van der Waals surface area contributed by atoms with E-state index in [1.807, 2.05) is 0 Å². The van der Waals surface area contributed by atoms with Crippen LogP contribution in [0.5, 0.6) is 11.5 Å². The lowest BCUT2D eigenvalue weighted by molar-refractivity contribution is -0.114. The van der Waals surface area contributed by atoms with Gasteiger partial charge in [-0.3, -0.25) is 9.10 Å². The second-order valence-corrected chi connectivity index (χ2v) is 9.27. The summed E-state index contributed by atoms with van der Waals surface area (Å²) in [5, 5.41) is 3.29. The molecule has 0 aliphatic carbocycles. The predicted octanol–water partition coefficient (Wildman–Crippen LogP) is 4.84. The van der Waals surface area contributed by atoms with E-state index in [-0.39, 0.29) is 10.6 Å². The number of carbonyl (C=O) groups excluding carboxylic acids is 1. The second-order valence-electron chi connectivity index (χ2n) is 6.56. The number of nitrogens with one attached hydrogen (secondary N) is 1. The van der Waals surface area contributed by atoms with Crippen molar-refractivity contribution in [2.75, 3.05) is 30.4 Å². The van der Waals surface area contributed by atoms with Gasteiger partial charge in [0.25, 0.3) is 10.0 Å². The zero-order valence-corrected chi connectivity index (χ0v) is 19.5. The Kier molecular flexibility index (Phi) is 7.50. The fourth-order valence-corrected chi connectivity index (χ4v) is 4.75. The third-order valence-electron chi connectivity index (χ3n) is 4.47. The molecule has 1 N–H and O–H groups in total. The van der Waals surface area contributed by atoms with Crippen LogP contribution in [-0.4, -0.2) is 35.1 Å². The number of anilines is 2. The maximum absolute atomic E-state index is 13.4. The number of carbonyl (C=O) groups is 1. The van der Waals surface area contributed by atoms with Crippen molar-refractivity contribution in [3.8, 4) is 11.5 Å². The molecule has 168 valence electrons. The van der Waals surface area contributed by atoms with Crippen molar-refractivity contribution < 1.29 is 22.7 Å². The third kappa shape index (κ3) is 5.45. The predicted molar refractivity (Wildman–Crippen MR) is 126 cm³/mol. The third-order valence-corrected chi connectivity index (χ3v) is 6.78. The summed E-state index contributed by atoms with van der Waals surface area (Å²) in [6, 6.07) is 16.8. The van der Waals surface area contributed by atoms with Gasteiger partial charge in [-0.05, 0) is 60.7 Å². The maximum atomic E-state index is 13.4. The topological polar surface area (TPSA) is 84.9 Å². The highest BCUT2D eigenvalue weighted by atomic mass is 35.5. The van der Waals surface area contributed by atoms with Crippen LogP contribution < -0.4 is 19.1 Å². The lowest BCUT2D eigenvalue weighted by Crippen LogP contribution is -2.38. The monoisotopic (exact) mass is 494 g/mol. The summed E-state index contributed by atoms with van der Waals surface area (Å²) < 4.78 is 38.0. The summed E-state index contributed by atoms with van der Waals surface area (Å²) in [7, 11) is -1.13. The Morgan fingerprint density at radius 2 is 1.69 bits per heavy atom. The van der Waals surface area contributed by atoms with Crippen molar-refractivity contribution in [2.24, 2.45) is 0 Å². The fourth-order valence-electron chi connectivity index (χ4n) is 2.90. The molecule has 0 atom stereocenters. The standard InChI is InChI=1S/C22H20Cl2N2O5S/c1-30-18-7-9-19(10-8-18)32(28,29)26(17-5-3-4-15(23)12-17)14-22(27)25-16-6-11-21(31-2)20(24)13-16/h3-13H,14H2,1-2H3,(H,25,27). The smallest absolute Gasteiger partial charge is 0.264 e. The normalized spacial score (nSPS) is 11.0. The Labute approximate surface area is 196 Å². The molecule has 0 fully saturated rings. The van der Waals surface area contributed by atoms with Gasteiger partial charge < -0.3 is 14.8 Å². The van der Waals surface area contributed by atoms with Gasteiger partial charge in [0, 0.05) is 10.7 Å². The molecule has 0 spiro atoms. The summed E-state index contributed by atoms with van der Waals surface area (Å²) in [6.45, 7) is -0.488. The molecular formula is C22H20Cl2N2O5S. The first-order valence-corrected chi connectivity index (χ1v) is 11.5. The molecule has 3 aromatic carbocycles. The van der Waals surface area contributed by atoms with Gasteiger partial charge in [-0.15, -0.1) is 0 Å². The fraction of sp³-hybridized carbons (Fsp3) is 0.136. The lowest BCUT2D eigenvalue weighted by Gasteiger charge is -2.24. The highest BCUT2D eigenvalue weighted by Crippen LogP contribution is 2.29. The average molecular weight is 495 g/mol. The molecule has 0 aromatic heterocycles. The Hall–Kier alpha value is -2.94. The first-order chi connectivity index (χ1) is 15.2. The minimum atomic E-state index is -4.09. The maximum Gasteiger partial charge on any atom is 0.264 e. The molecule has 7 nitrogen and oxygen atoms in total. The van der Waals surface area contributed by atoms with Gasteiger partial charge in [-0.1, -0.05) is 29.3 Å². The van der Waals surface area contributed by atoms with Crippen molar-refractivity contribution in [3.05, 3.63) is 76.8 Å². The second kappa shape index (κ2) is 10.1. The van der Waals surface area contributed by atoms with E-state index in [0.717, 1.165) is 4.31 Å². The van der Waals surface area contributed by atoms with Crippen molar-refractivity contribution in [1.82, 2.24) is 0 Å². The molecule has 3 aromatic rings. The highest BCUT2D eigenvalue weighted by Gasteiger charge is 2.27. The number of sulfonamides is 1. The minimum absolute atomic E-state index is 0.00133. The Morgan fingerprint density at radius 1 is 0.969 bits per heavy atom. The minimum Gasteiger partial charge on any atom is -0.497 e. The zero-order valence-electron chi connectivity index (χ0n) is 17.2. The van der Waals surface area contributed by atoms with Crippen LogP contribution in [0.3, 0.4) is 0 Å². The van der Waals surface area contributed by atoms with E-state index in [2.05, 4.69) is 5.32 Å². The Morgan fingerprint density at radius 3 is 2.28 bits per heavy atom. The molecule has 0 heterocycles. The highest BCUT2D eigenvalue weighted by molar-refractivity contribution is 7.92. The molecular weight excluding hydrogens is 475 g/mol. The van der Waals surface area contributed by atoms with Crippen LogP contribution >= 0.6 is 23.2 Å². The van der Waals surface area contributed by atoms with E-state index in [9.17, 15) is 13.2 Å². The summed E-state index contributed by atoms with van der Waals surface area (Å²) in [5.74, 6) is 0.392. The van der Waals surface area contributed by atoms with Crippen LogP contribution in [0.4, 0.5) is 11.4 Å². The molecule has 0 aliphatic heterocycles. The van der Waals surface area contributed by atoms with Crippen LogP contribution in [0.1, 0.15) is 0 Å². The molecule has 3 rings (SSSR count). The van der Waals surface area contributed by atoms with Crippen LogP contribution in [0.25, 0.3) is 0 Å². The summed E-state index contributed by atoms with van der Waals surface area (Å²) >= 11 is 12.2. The number of hydrogen-bond donors (Lipinski definition) is 1. The molecule has 0 saturated carbocycles. The molecule has 0 saturated heterocycles. The number of methoxy groups -OCH3 is 2. The van der Waals surface area contributed by atoms with Gasteiger partial charge in [0.05, 0.1) is 29.8 Å². The molecule has 0 aliphatic rings. The van der Waals surface area contributed by atoms with Gasteiger partial charge in [0.2, 0.25) is 5.91 Å². The first-order valence-electron chi connectivity index (χ1n) is 9.30. The molecule has 10 heteroatoms. The van der Waals surface area contributed by atoms with Crippen LogP contribution in [0.15, 0.2) is 71.6 Å². The van der Waals surface area contributed by atoms with Crippen molar-refractivity contribution >= 4 is 50.5 Å². The number of benzene rings is 3. The van der Waals surface area contributed by atoms with Crippen LogP contribution in [-0.2, 0) is 14.8 Å². The van der Waals surface area contributed by atoms with Crippen molar-refractivity contribution in [1.29, 1.82) is 0 Å². The number of ether oxygens (including phenoxy) is 2. The number of nitrogens with zero attached hydrogens (tertiary/aromatic N) is 1. The Balaban J connectivity index is 1.92. The first kappa shape index (κ1) is 23.7. The van der Waals surface area contributed by atoms with Gasteiger partial charge >= 0.3 is 0 Å². The summed E-state index contributed by atoms with van der Waals surface area (Å²) in [5.41, 5.74) is 0.643. The van der Waals surface area contributed by atoms with E-state index in [1.54, 1.807) is 30.3 Å². The number of halogens is 2. The van der Waals surface area contributed by atoms with Gasteiger partial charge in [0.1, 0.15) is 18.0 Å². The van der Waals surface area contributed by atoms with Crippen molar-refractivity contribution in [3.63, 3.8) is 0 Å². The van der Waals surface area contributed by atoms with E-state index in [0.29, 0.717) is 27.2 Å². The van der Waals surface area contributed by atoms with Crippen LogP contribution in [0.2, 0.25) is 10.0 Å². The van der Waals surface area contributed by atoms with Gasteiger partial charge in [-0.25, -0.2) is 8.42 Å². The number of hydrogen-bond acceptors (Lipinski definition) is 5. The van der Waals surface area contributed by atoms with E-state index < -0.39 is 22.5 Å². The molecule has 0 radical (unpaired) electrons. The molecule has 1 amide bonds. The Bertz CT molecular complexity index is 1220. The SMILES string of the molecule is COc1ccc(S(=O)(=O)N(CC(=O)Nc2ccc(OC)c(Cl)c2)c2cccc(Cl)c2)cc1. The van der Waals surface area contributed by atoms with E-state index in [4.69, 9.17) is 32.7 Å². The quantitative estimate of drug-likeness (QED) is 0.483. The van der Waals surface area contributed by atoms with Crippen LogP contribution in [0, 0.1) is 0 Å². The van der Waals surface area contributed by atoms with Crippen molar-refractivity contribution in [2.45, 2.75) is 4.90 Å². The van der Waals surface area contributed by atoms with E-state index >= 15 is 0 Å². The molecule has 0 bridgehead atoms. The van der Waals surface area contributed by atoms with E-state index in [1.165, 1.54) is 50.6 Å². The zero-order chi connectivity index (χ0) is 23.3. The summed E-state index contributed by atoms with van der Waals surface area (Å²) in [6.07, 6.45) is 0. The van der Waals surface area contributed by atoms with Gasteiger partial charge in [0.15, 0.2) is 0 Å². The molecule has 0 unspecified atom stereocenters. The molecule has 32 heavy (non-hydrogen) atoms. The number of amides is 1. The lowest BCUT2D eigenvalue weighted by atomic mass is 10.3. The van der Waals surface area contributed by atoms with Gasteiger partial charge in [-0.2, -0.15) is 0 Å². The number of rotatable bonds is 8.